The SMILES string of the molecule is COCCNCCCCOc1cccc(F)c1F. The predicted molar refractivity (Wildman–Crippen MR) is 65.8 cm³/mol. The monoisotopic (exact) mass is 259 g/mol. The first-order valence-corrected chi connectivity index (χ1v) is 6.02. The van der Waals surface area contributed by atoms with E-state index in [4.69, 9.17) is 9.47 Å². The Balaban J connectivity index is 2.09. The van der Waals surface area contributed by atoms with Crippen LogP contribution in [-0.4, -0.2) is 33.4 Å². The molecule has 0 aliphatic rings. The minimum atomic E-state index is -0.921. The highest BCUT2D eigenvalue weighted by Crippen LogP contribution is 2.19. The summed E-state index contributed by atoms with van der Waals surface area (Å²) in [7, 11) is 1.66. The molecule has 0 spiro atoms. The Kier molecular flexibility index (Phi) is 7.29. The molecular weight excluding hydrogens is 240 g/mol. The van der Waals surface area contributed by atoms with Gasteiger partial charge in [0.15, 0.2) is 11.6 Å². The van der Waals surface area contributed by atoms with Gasteiger partial charge >= 0.3 is 0 Å². The standard InChI is InChI=1S/C13H19F2NO2/c1-17-10-8-16-7-2-3-9-18-12-6-4-5-11(14)13(12)15/h4-6,16H,2-3,7-10H2,1H3. The third-order valence-electron chi connectivity index (χ3n) is 2.40. The maximum absolute atomic E-state index is 13.2. The minimum absolute atomic E-state index is 0.0256. The van der Waals surface area contributed by atoms with Crippen molar-refractivity contribution >= 4 is 0 Å². The van der Waals surface area contributed by atoms with Crippen LogP contribution in [0.25, 0.3) is 0 Å². The van der Waals surface area contributed by atoms with Crippen molar-refractivity contribution < 1.29 is 18.3 Å². The van der Waals surface area contributed by atoms with Gasteiger partial charge in [-0.2, -0.15) is 4.39 Å². The minimum Gasteiger partial charge on any atom is -0.490 e. The van der Waals surface area contributed by atoms with Gasteiger partial charge < -0.3 is 14.8 Å². The highest BCUT2D eigenvalue weighted by Gasteiger charge is 2.07. The number of benzene rings is 1. The van der Waals surface area contributed by atoms with Crippen LogP contribution in [0.1, 0.15) is 12.8 Å². The average Bonchev–Trinajstić information content (AvgIpc) is 2.37. The number of nitrogens with one attached hydrogen (secondary N) is 1. The fraction of sp³-hybridized carbons (Fsp3) is 0.538. The topological polar surface area (TPSA) is 30.5 Å². The second-order valence-electron chi connectivity index (χ2n) is 3.85. The van der Waals surface area contributed by atoms with Crippen LogP contribution in [0.3, 0.4) is 0 Å². The summed E-state index contributed by atoms with van der Waals surface area (Å²) in [6.45, 7) is 2.74. The number of unbranched alkanes of at least 4 members (excludes halogenated alkanes) is 1. The molecule has 0 atom stereocenters. The van der Waals surface area contributed by atoms with Crippen LogP contribution in [0.4, 0.5) is 8.78 Å². The maximum Gasteiger partial charge on any atom is 0.200 e. The zero-order valence-corrected chi connectivity index (χ0v) is 10.5. The van der Waals surface area contributed by atoms with E-state index in [1.165, 1.54) is 12.1 Å². The number of methoxy groups -OCH3 is 1. The van der Waals surface area contributed by atoms with Gasteiger partial charge in [0.25, 0.3) is 0 Å². The van der Waals surface area contributed by atoms with E-state index >= 15 is 0 Å². The Morgan fingerprint density at radius 2 is 1.94 bits per heavy atom. The lowest BCUT2D eigenvalue weighted by Crippen LogP contribution is -2.20. The third-order valence-corrected chi connectivity index (χ3v) is 2.40. The average molecular weight is 259 g/mol. The van der Waals surface area contributed by atoms with Crippen LogP contribution < -0.4 is 10.1 Å². The lowest BCUT2D eigenvalue weighted by molar-refractivity contribution is 0.199. The quantitative estimate of drug-likeness (QED) is 0.691. The van der Waals surface area contributed by atoms with Crippen molar-refractivity contribution in [3.8, 4) is 5.75 Å². The number of hydrogen-bond acceptors (Lipinski definition) is 3. The van der Waals surface area contributed by atoms with Crippen molar-refractivity contribution in [3.05, 3.63) is 29.8 Å². The van der Waals surface area contributed by atoms with E-state index in [1.54, 1.807) is 7.11 Å². The van der Waals surface area contributed by atoms with Gasteiger partial charge in [0.1, 0.15) is 0 Å². The third kappa shape index (κ3) is 5.42. The molecule has 5 heteroatoms. The summed E-state index contributed by atoms with van der Waals surface area (Å²) >= 11 is 0. The molecule has 0 radical (unpaired) electrons. The van der Waals surface area contributed by atoms with Gasteiger partial charge in [-0.15, -0.1) is 0 Å². The Morgan fingerprint density at radius 3 is 2.72 bits per heavy atom. The smallest absolute Gasteiger partial charge is 0.200 e. The van der Waals surface area contributed by atoms with Gasteiger partial charge in [-0.1, -0.05) is 6.07 Å². The molecular formula is C13H19F2NO2. The maximum atomic E-state index is 13.2. The molecule has 0 unspecified atom stereocenters. The highest BCUT2D eigenvalue weighted by atomic mass is 19.2. The van der Waals surface area contributed by atoms with E-state index in [1.807, 2.05) is 0 Å². The van der Waals surface area contributed by atoms with Gasteiger partial charge in [-0.05, 0) is 31.5 Å². The van der Waals surface area contributed by atoms with E-state index in [0.717, 1.165) is 32.0 Å². The summed E-state index contributed by atoms with van der Waals surface area (Å²) in [5.41, 5.74) is 0. The van der Waals surface area contributed by atoms with E-state index in [0.29, 0.717) is 13.2 Å². The Morgan fingerprint density at radius 1 is 1.11 bits per heavy atom. The van der Waals surface area contributed by atoms with Crippen molar-refractivity contribution in [2.24, 2.45) is 0 Å². The van der Waals surface area contributed by atoms with E-state index in [9.17, 15) is 8.78 Å². The summed E-state index contributed by atoms with van der Waals surface area (Å²) in [5.74, 6) is -1.83. The van der Waals surface area contributed by atoms with Crippen LogP contribution in [0.15, 0.2) is 18.2 Å². The zero-order valence-electron chi connectivity index (χ0n) is 10.5. The fourth-order valence-corrected chi connectivity index (χ4v) is 1.43. The largest absolute Gasteiger partial charge is 0.490 e. The molecule has 3 nitrogen and oxygen atoms in total. The molecule has 0 saturated heterocycles. The van der Waals surface area contributed by atoms with E-state index in [2.05, 4.69) is 5.32 Å². The molecule has 0 fully saturated rings. The highest BCUT2D eigenvalue weighted by molar-refractivity contribution is 5.24. The number of ether oxygens (including phenoxy) is 2. The molecule has 0 aromatic heterocycles. The van der Waals surface area contributed by atoms with Crippen molar-refractivity contribution in [2.75, 3.05) is 33.4 Å². The number of hydrogen-bond donors (Lipinski definition) is 1. The summed E-state index contributed by atoms with van der Waals surface area (Å²) < 4.78 is 36.1. The van der Waals surface area contributed by atoms with E-state index < -0.39 is 11.6 Å². The number of rotatable bonds is 9. The molecule has 18 heavy (non-hydrogen) atoms. The van der Waals surface area contributed by atoms with Gasteiger partial charge in [0.2, 0.25) is 5.82 Å². The van der Waals surface area contributed by atoms with Crippen molar-refractivity contribution in [1.82, 2.24) is 5.32 Å². The summed E-state index contributed by atoms with van der Waals surface area (Å²) in [6, 6.07) is 3.93. The Bertz CT molecular complexity index is 348. The van der Waals surface area contributed by atoms with Crippen molar-refractivity contribution in [2.45, 2.75) is 12.8 Å². The van der Waals surface area contributed by atoms with Crippen LogP contribution in [0, 0.1) is 11.6 Å². The van der Waals surface area contributed by atoms with Crippen molar-refractivity contribution in [1.29, 1.82) is 0 Å². The first-order valence-electron chi connectivity index (χ1n) is 6.02. The lowest BCUT2D eigenvalue weighted by atomic mass is 10.3. The second kappa shape index (κ2) is 8.83. The summed E-state index contributed by atoms with van der Waals surface area (Å²) in [6.07, 6.45) is 1.70. The molecule has 0 saturated carbocycles. The van der Waals surface area contributed by atoms with Gasteiger partial charge in [0, 0.05) is 13.7 Å². The molecule has 0 bridgehead atoms. The van der Waals surface area contributed by atoms with Crippen LogP contribution in [-0.2, 0) is 4.74 Å². The second-order valence-corrected chi connectivity index (χ2v) is 3.85. The summed E-state index contributed by atoms with van der Waals surface area (Å²) in [4.78, 5) is 0. The molecule has 0 heterocycles. The fourth-order valence-electron chi connectivity index (χ4n) is 1.43. The van der Waals surface area contributed by atoms with Gasteiger partial charge in [0.05, 0.1) is 13.2 Å². The molecule has 102 valence electrons. The molecule has 1 N–H and O–H groups in total. The van der Waals surface area contributed by atoms with Crippen LogP contribution in [0.2, 0.25) is 0 Å². The Labute approximate surface area is 106 Å². The molecule has 0 amide bonds. The zero-order chi connectivity index (χ0) is 13.2. The first kappa shape index (κ1) is 14.9. The number of halogens is 2. The molecule has 1 rings (SSSR count). The normalized spacial score (nSPS) is 10.6. The Hall–Kier alpha value is -1.20. The van der Waals surface area contributed by atoms with Crippen LogP contribution >= 0.6 is 0 Å². The van der Waals surface area contributed by atoms with E-state index in [-0.39, 0.29) is 5.75 Å². The molecule has 0 aliphatic carbocycles. The molecule has 1 aromatic carbocycles. The van der Waals surface area contributed by atoms with Gasteiger partial charge in [-0.25, -0.2) is 4.39 Å². The molecule has 0 aliphatic heterocycles. The molecule has 1 aromatic rings. The summed E-state index contributed by atoms with van der Waals surface area (Å²) in [5, 5.41) is 3.19. The predicted octanol–water partition coefficient (Wildman–Crippen LogP) is 2.36. The first-order chi connectivity index (χ1) is 8.75. The van der Waals surface area contributed by atoms with Crippen molar-refractivity contribution in [3.63, 3.8) is 0 Å². The van der Waals surface area contributed by atoms with Gasteiger partial charge in [-0.3, -0.25) is 0 Å². The lowest BCUT2D eigenvalue weighted by Gasteiger charge is -2.07. The van der Waals surface area contributed by atoms with Crippen LogP contribution in [0.5, 0.6) is 5.75 Å².